The van der Waals surface area contributed by atoms with Crippen LogP contribution in [0.25, 0.3) is 11.2 Å². The van der Waals surface area contributed by atoms with E-state index in [0.29, 0.717) is 28.2 Å². The van der Waals surface area contributed by atoms with E-state index >= 15 is 0 Å². The Labute approximate surface area is 173 Å². The Morgan fingerprint density at radius 2 is 2.00 bits per heavy atom. The number of fused-ring (bicyclic) bond motifs is 1. The highest BCUT2D eigenvalue weighted by molar-refractivity contribution is 7.99. The lowest BCUT2D eigenvalue weighted by Crippen LogP contribution is -2.33. The van der Waals surface area contributed by atoms with Crippen molar-refractivity contribution in [3.8, 4) is 0 Å². The van der Waals surface area contributed by atoms with Crippen LogP contribution in [0.1, 0.15) is 51.7 Å². The molecule has 2 aromatic heterocycles. The second-order valence-corrected chi connectivity index (χ2v) is 8.80. The first kappa shape index (κ1) is 20.8. The number of nitrogens with zero attached hydrogens (tertiary/aromatic N) is 4. The third kappa shape index (κ3) is 4.22. The van der Waals surface area contributed by atoms with Gasteiger partial charge in [-0.2, -0.15) is 0 Å². The SMILES string of the molecule is CCCSc1nc(NC2CCCCC2)c2ncn([C@@H]3O[C@H](CO)[C@@H](O)[C@H]3O)c2n1. The highest BCUT2D eigenvalue weighted by Gasteiger charge is 2.44. The molecular weight excluding hydrogens is 394 g/mol. The van der Waals surface area contributed by atoms with Gasteiger partial charge in [-0.05, 0) is 19.3 Å². The van der Waals surface area contributed by atoms with Gasteiger partial charge in [-0.1, -0.05) is 37.9 Å². The molecule has 9 nitrogen and oxygen atoms in total. The van der Waals surface area contributed by atoms with E-state index in [1.54, 1.807) is 22.7 Å². The Morgan fingerprint density at radius 3 is 2.69 bits per heavy atom. The molecule has 0 radical (unpaired) electrons. The molecule has 2 aliphatic rings. The van der Waals surface area contributed by atoms with Crippen molar-refractivity contribution < 1.29 is 20.1 Å². The van der Waals surface area contributed by atoms with Crippen LogP contribution in [0, 0.1) is 0 Å². The predicted octanol–water partition coefficient (Wildman–Crippen LogP) is 1.68. The number of nitrogens with one attached hydrogen (secondary N) is 1. The molecule has 1 aliphatic carbocycles. The smallest absolute Gasteiger partial charge is 0.191 e. The fraction of sp³-hybridized carbons (Fsp3) is 0.737. The van der Waals surface area contributed by atoms with Crippen LogP contribution in [0.5, 0.6) is 0 Å². The van der Waals surface area contributed by atoms with Gasteiger partial charge in [0, 0.05) is 11.8 Å². The maximum Gasteiger partial charge on any atom is 0.191 e. The molecule has 4 atom stereocenters. The first-order chi connectivity index (χ1) is 14.1. The van der Waals surface area contributed by atoms with E-state index in [4.69, 9.17) is 9.72 Å². The number of hydrogen-bond donors (Lipinski definition) is 4. The minimum Gasteiger partial charge on any atom is -0.394 e. The highest BCUT2D eigenvalue weighted by Crippen LogP contribution is 2.34. The number of rotatable bonds is 7. The molecule has 29 heavy (non-hydrogen) atoms. The zero-order valence-corrected chi connectivity index (χ0v) is 17.4. The molecule has 0 unspecified atom stereocenters. The fourth-order valence-corrected chi connectivity index (χ4v) is 4.68. The molecule has 1 saturated heterocycles. The topological polar surface area (TPSA) is 126 Å². The van der Waals surface area contributed by atoms with Crippen LogP contribution in [0.15, 0.2) is 11.5 Å². The van der Waals surface area contributed by atoms with Crippen molar-refractivity contribution in [2.45, 2.75) is 81.2 Å². The van der Waals surface area contributed by atoms with E-state index in [1.165, 1.54) is 19.3 Å². The van der Waals surface area contributed by atoms with Crippen LogP contribution in [-0.2, 0) is 4.74 Å². The van der Waals surface area contributed by atoms with Gasteiger partial charge in [0.2, 0.25) is 0 Å². The van der Waals surface area contributed by atoms with Crippen molar-refractivity contribution in [3.05, 3.63) is 6.33 Å². The van der Waals surface area contributed by atoms with Crippen LogP contribution < -0.4 is 5.32 Å². The number of aromatic nitrogens is 4. The average molecular weight is 424 g/mol. The molecule has 1 saturated carbocycles. The van der Waals surface area contributed by atoms with E-state index in [1.807, 2.05) is 0 Å². The third-order valence-electron chi connectivity index (χ3n) is 5.57. The molecule has 4 rings (SSSR count). The van der Waals surface area contributed by atoms with E-state index < -0.39 is 24.5 Å². The third-order valence-corrected chi connectivity index (χ3v) is 6.63. The van der Waals surface area contributed by atoms with Crippen molar-refractivity contribution in [1.82, 2.24) is 19.5 Å². The minimum absolute atomic E-state index is 0.366. The van der Waals surface area contributed by atoms with Crippen LogP contribution in [-0.4, -0.2) is 71.6 Å². The number of ether oxygens (including phenoxy) is 1. The van der Waals surface area contributed by atoms with E-state index in [2.05, 4.69) is 22.2 Å². The molecule has 3 heterocycles. The summed E-state index contributed by atoms with van der Waals surface area (Å²) < 4.78 is 7.31. The summed E-state index contributed by atoms with van der Waals surface area (Å²) in [6.45, 7) is 1.73. The summed E-state index contributed by atoms with van der Waals surface area (Å²) in [5.41, 5.74) is 1.17. The van der Waals surface area contributed by atoms with Crippen molar-refractivity contribution in [2.24, 2.45) is 0 Å². The molecule has 4 N–H and O–H groups in total. The molecule has 0 bridgehead atoms. The van der Waals surface area contributed by atoms with Crippen molar-refractivity contribution in [1.29, 1.82) is 0 Å². The zero-order chi connectivity index (χ0) is 20.4. The molecule has 2 fully saturated rings. The number of imidazole rings is 1. The van der Waals surface area contributed by atoms with Crippen molar-refractivity contribution >= 4 is 28.7 Å². The maximum atomic E-state index is 10.4. The summed E-state index contributed by atoms with van der Waals surface area (Å²) in [6, 6.07) is 0.366. The monoisotopic (exact) mass is 423 g/mol. The van der Waals surface area contributed by atoms with Crippen LogP contribution in [0.2, 0.25) is 0 Å². The van der Waals surface area contributed by atoms with Gasteiger partial charge in [0.25, 0.3) is 0 Å². The number of aliphatic hydroxyl groups excluding tert-OH is 3. The van der Waals surface area contributed by atoms with Gasteiger partial charge in [0.05, 0.1) is 12.9 Å². The highest BCUT2D eigenvalue weighted by atomic mass is 32.2. The number of anilines is 1. The summed E-state index contributed by atoms with van der Waals surface area (Å²) in [4.78, 5) is 13.9. The van der Waals surface area contributed by atoms with Gasteiger partial charge in [0.15, 0.2) is 28.4 Å². The average Bonchev–Trinajstić information content (AvgIpc) is 3.28. The molecule has 10 heteroatoms. The van der Waals surface area contributed by atoms with E-state index in [0.717, 1.165) is 25.0 Å². The van der Waals surface area contributed by atoms with Gasteiger partial charge < -0.3 is 25.4 Å². The van der Waals surface area contributed by atoms with Crippen LogP contribution >= 0.6 is 11.8 Å². The van der Waals surface area contributed by atoms with Gasteiger partial charge in [-0.15, -0.1) is 0 Å². The quantitative estimate of drug-likeness (QED) is 0.389. The van der Waals surface area contributed by atoms with E-state index in [9.17, 15) is 15.3 Å². The second kappa shape index (κ2) is 9.13. The lowest BCUT2D eigenvalue weighted by molar-refractivity contribution is -0.0511. The lowest BCUT2D eigenvalue weighted by atomic mass is 9.95. The van der Waals surface area contributed by atoms with Gasteiger partial charge >= 0.3 is 0 Å². The predicted molar refractivity (Wildman–Crippen MR) is 110 cm³/mol. The summed E-state index contributed by atoms with van der Waals surface area (Å²) in [7, 11) is 0. The summed E-state index contributed by atoms with van der Waals surface area (Å²) >= 11 is 1.58. The molecule has 160 valence electrons. The number of thioether (sulfide) groups is 1. The molecule has 0 amide bonds. The number of hydrogen-bond acceptors (Lipinski definition) is 9. The van der Waals surface area contributed by atoms with Crippen molar-refractivity contribution in [2.75, 3.05) is 17.7 Å². The Balaban J connectivity index is 1.70. The van der Waals surface area contributed by atoms with E-state index in [-0.39, 0.29) is 6.61 Å². The van der Waals surface area contributed by atoms with Crippen LogP contribution in [0.4, 0.5) is 5.82 Å². The first-order valence-corrected chi connectivity index (χ1v) is 11.4. The Hall–Kier alpha value is -1.46. The van der Waals surface area contributed by atoms with Gasteiger partial charge in [-0.25, -0.2) is 15.0 Å². The Morgan fingerprint density at radius 1 is 1.21 bits per heavy atom. The Kier molecular flexibility index (Phi) is 6.55. The van der Waals surface area contributed by atoms with Crippen LogP contribution in [0.3, 0.4) is 0 Å². The normalized spacial score (nSPS) is 28.3. The molecule has 2 aromatic rings. The molecular formula is C19H29N5O4S. The fourth-order valence-electron chi connectivity index (χ4n) is 3.99. The van der Waals surface area contributed by atoms with Gasteiger partial charge in [-0.3, -0.25) is 4.57 Å². The second-order valence-electron chi connectivity index (χ2n) is 7.74. The summed E-state index contributed by atoms with van der Waals surface area (Å²) in [5.74, 6) is 1.60. The maximum absolute atomic E-state index is 10.4. The largest absolute Gasteiger partial charge is 0.394 e. The lowest BCUT2D eigenvalue weighted by Gasteiger charge is -2.23. The van der Waals surface area contributed by atoms with Gasteiger partial charge in [0.1, 0.15) is 18.3 Å². The minimum atomic E-state index is -1.18. The van der Waals surface area contributed by atoms with Crippen molar-refractivity contribution in [3.63, 3.8) is 0 Å². The summed E-state index contributed by atoms with van der Waals surface area (Å²) in [6.07, 6.45) is 4.41. The number of aliphatic hydroxyl groups is 3. The first-order valence-electron chi connectivity index (χ1n) is 10.4. The molecule has 1 aliphatic heterocycles. The molecule has 0 spiro atoms. The Bertz CT molecular complexity index is 828. The standard InChI is InChI=1S/C19H29N5O4S/c1-2-8-29-19-22-16(21-11-6-4-3-5-7-11)13-17(23-19)24(10-20-13)18-15(27)14(26)12(9-25)28-18/h10-12,14-15,18,25-27H,2-9H2,1H3,(H,21,22,23)/t12-,14-,15-,18-/m1/s1. The zero-order valence-electron chi connectivity index (χ0n) is 16.6. The molecule has 0 aromatic carbocycles. The summed E-state index contributed by atoms with van der Waals surface area (Å²) in [5, 5.41) is 34.1.